The quantitative estimate of drug-likeness (QED) is 0.130. The molecule has 35 heavy (non-hydrogen) atoms. The molecule has 2 aromatic rings. The maximum Gasteiger partial charge on any atom is 0.349 e. The van der Waals surface area contributed by atoms with Crippen LogP contribution < -0.4 is 9.84 Å². The van der Waals surface area contributed by atoms with Crippen LogP contribution in [0.1, 0.15) is 34.6 Å². The molecule has 190 valence electrons. The van der Waals surface area contributed by atoms with Crippen molar-refractivity contribution in [2.75, 3.05) is 0 Å². The van der Waals surface area contributed by atoms with Gasteiger partial charge in [0, 0.05) is 3.57 Å². The third kappa shape index (κ3) is 6.13. The van der Waals surface area contributed by atoms with Gasteiger partial charge in [-0.1, -0.05) is 13.8 Å². The maximum absolute atomic E-state index is 14.6. The predicted molar refractivity (Wildman–Crippen MR) is 130 cm³/mol. The van der Waals surface area contributed by atoms with E-state index in [0.717, 1.165) is 17.4 Å². The number of hydrogen-bond donors (Lipinski definition) is 0. The third-order valence-corrected chi connectivity index (χ3v) is 6.52. The first-order chi connectivity index (χ1) is 16.0. The van der Waals surface area contributed by atoms with Crippen molar-refractivity contribution in [3.05, 3.63) is 57.2 Å². The van der Waals surface area contributed by atoms with Crippen molar-refractivity contribution in [3.8, 4) is 5.75 Å². The average Bonchev–Trinajstić information content (AvgIpc) is 2.73. The molecule has 1 atom stereocenters. The van der Waals surface area contributed by atoms with Crippen molar-refractivity contribution >= 4 is 85.7 Å². The zero-order chi connectivity index (χ0) is 27.0. The molecule has 15 heteroatoms. The van der Waals surface area contributed by atoms with Crippen LogP contribution in [-0.2, 0) is 9.53 Å². The van der Waals surface area contributed by atoms with Gasteiger partial charge in [-0.05, 0) is 85.8 Å². The minimum Gasteiger partial charge on any atom is -0.544 e. The molecule has 0 saturated heterocycles. The fraction of sp³-hybridized carbons (Fsp3) is 0.250. The van der Waals surface area contributed by atoms with Crippen LogP contribution in [0.3, 0.4) is 0 Å². The van der Waals surface area contributed by atoms with Crippen LogP contribution in [-0.4, -0.2) is 29.9 Å². The molecule has 0 N–H and O–H groups in total. The Kier molecular flexibility index (Phi) is 9.67. The smallest absolute Gasteiger partial charge is 0.349 e. The van der Waals surface area contributed by atoms with Gasteiger partial charge in [0.25, 0.3) is 0 Å². The van der Waals surface area contributed by atoms with Gasteiger partial charge in [-0.25, -0.2) is 27.2 Å². The molecule has 0 bridgehead atoms. The Balaban J connectivity index is 2.52. The van der Waals surface area contributed by atoms with E-state index in [4.69, 9.17) is 4.74 Å². The lowest BCUT2D eigenvalue weighted by molar-refractivity contribution is -0.337. The molecule has 0 aliphatic rings. The molecular weight excluding hydrogens is 831 g/mol. The van der Waals surface area contributed by atoms with Gasteiger partial charge in [0.1, 0.15) is 17.1 Å². The van der Waals surface area contributed by atoms with Crippen LogP contribution in [0.25, 0.3) is 0 Å². The van der Waals surface area contributed by atoms with E-state index in [2.05, 4.69) is 4.74 Å². The maximum atomic E-state index is 14.6. The Hall–Kier alpha value is -1.38. The normalized spacial score (nSPS) is 12.5. The molecule has 0 spiro atoms. The number of rotatable bonds is 7. The Labute approximate surface area is 234 Å². The number of carboxylic acids is 1. The average molecular weight is 841 g/mol. The Morgan fingerprint density at radius 1 is 0.857 bits per heavy atom. The van der Waals surface area contributed by atoms with E-state index >= 15 is 0 Å². The molecule has 0 aliphatic carbocycles. The minimum absolute atomic E-state index is 0.163. The topological polar surface area (TPSA) is 92.7 Å². The second kappa shape index (κ2) is 11.3. The van der Waals surface area contributed by atoms with Crippen LogP contribution >= 0.6 is 67.8 Å². The number of ether oxygens (including phenoxy) is 2. The van der Waals surface area contributed by atoms with Gasteiger partial charge < -0.3 is 19.4 Å². The molecule has 0 amide bonds. The number of carbonyl (C=O) groups is 3. The van der Waals surface area contributed by atoms with Gasteiger partial charge in [-0.15, -0.1) is 0 Å². The summed E-state index contributed by atoms with van der Waals surface area (Å²) in [6.45, 7) is 1.96. The van der Waals surface area contributed by atoms with Crippen LogP contribution in [0.4, 0.5) is 26.3 Å². The summed E-state index contributed by atoms with van der Waals surface area (Å²) in [4.78, 5) is 35.2. The Morgan fingerprint density at radius 3 is 1.63 bits per heavy atom. The SMILES string of the molecule is CC(C)C(OC(=O)c1c(F)c(F)c(C(=O)Oc2c(I)cc(I)cc2I)c(F)c1F)C(F)(F)C(=O)[O-]. The molecule has 2 rings (SSSR count). The fourth-order valence-corrected chi connectivity index (χ4v) is 6.48. The molecule has 0 aromatic heterocycles. The van der Waals surface area contributed by atoms with Crippen molar-refractivity contribution in [2.24, 2.45) is 5.92 Å². The molecule has 0 heterocycles. The van der Waals surface area contributed by atoms with E-state index in [9.17, 15) is 45.8 Å². The highest BCUT2D eigenvalue weighted by Crippen LogP contribution is 2.33. The van der Waals surface area contributed by atoms with Crippen molar-refractivity contribution in [2.45, 2.75) is 25.9 Å². The number of carbonyl (C=O) groups excluding carboxylic acids is 3. The zero-order valence-corrected chi connectivity index (χ0v) is 23.6. The zero-order valence-electron chi connectivity index (χ0n) is 17.2. The molecule has 0 aliphatic heterocycles. The van der Waals surface area contributed by atoms with Gasteiger partial charge in [-0.3, -0.25) is 0 Å². The van der Waals surface area contributed by atoms with Gasteiger partial charge in [0.05, 0.1) is 7.14 Å². The van der Waals surface area contributed by atoms with E-state index in [1.807, 2.05) is 22.6 Å². The first-order valence-corrected chi connectivity index (χ1v) is 12.3. The molecule has 6 nitrogen and oxygen atoms in total. The van der Waals surface area contributed by atoms with Crippen molar-refractivity contribution in [1.82, 2.24) is 0 Å². The number of carboxylic acid groups (broad SMARTS) is 1. The summed E-state index contributed by atoms with van der Waals surface area (Å²) in [6, 6.07) is 3.07. The summed E-state index contributed by atoms with van der Waals surface area (Å²) in [5, 5.41) is 10.7. The monoisotopic (exact) mass is 841 g/mol. The van der Waals surface area contributed by atoms with E-state index < -0.39 is 70.2 Å². The van der Waals surface area contributed by atoms with Crippen LogP contribution in [0.5, 0.6) is 5.75 Å². The van der Waals surface area contributed by atoms with Gasteiger partial charge in [0.2, 0.25) is 0 Å². The van der Waals surface area contributed by atoms with E-state index in [0.29, 0.717) is 7.14 Å². The van der Waals surface area contributed by atoms with Crippen LogP contribution in [0, 0.1) is 39.9 Å². The highest BCUT2D eigenvalue weighted by Gasteiger charge is 2.47. The molecule has 0 saturated carbocycles. The number of halogens is 9. The van der Waals surface area contributed by atoms with Gasteiger partial charge in [0.15, 0.2) is 35.1 Å². The van der Waals surface area contributed by atoms with Crippen molar-refractivity contribution < 1.29 is 55.3 Å². The summed E-state index contributed by atoms with van der Waals surface area (Å²) in [5.74, 6) is -23.1. The van der Waals surface area contributed by atoms with E-state index in [-0.39, 0.29) is 5.75 Å². The first kappa shape index (κ1) is 29.8. The van der Waals surface area contributed by atoms with E-state index in [1.165, 1.54) is 12.1 Å². The Morgan fingerprint density at radius 2 is 1.26 bits per heavy atom. The highest BCUT2D eigenvalue weighted by atomic mass is 127. The lowest BCUT2D eigenvalue weighted by Gasteiger charge is -2.30. The lowest BCUT2D eigenvalue weighted by Crippen LogP contribution is -2.53. The number of hydrogen-bond acceptors (Lipinski definition) is 6. The predicted octanol–water partition coefficient (Wildman–Crippen LogP) is 4.84. The summed E-state index contributed by atoms with van der Waals surface area (Å²) >= 11 is 5.44. The fourth-order valence-electron chi connectivity index (χ4n) is 2.68. The number of alkyl halides is 2. The Bertz CT molecular complexity index is 1170. The number of esters is 2. The molecule has 0 fully saturated rings. The summed E-state index contributed by atoms with van der Waals surface area (Å²) in [7, 11) is 0. The summed E-state index contributed by atoms with van der Waals surface area (Å²) < 4.78 is 96.4. The molecule has 2 aromatic carbocycles. The van der Waals surface area contributed by atoms with Crippen LogP contribution in [0.2, 0.25) is 0 Å². The molecular formula is C20H10F6I3O6-. The van der Waals surface area contributed by atoms with Crippen LogP contribution in [0.15, 0.2) is 12.1 Å². The summed E-state index contributed by atoms with van der Waals surface area (Å²) in [6.07, 6.45) is -2.81. The second-order valence-electron chi connectivity index (χ2n) is 7.07. The van der Waals surface area contributed by atoms with Gasteiger partial charge >= 0.3 is 17.9 Å². The third-order valence-electron chi connectivity index (χ3n) is 4.30. The van der Waals surface area contributed by atoms with E-state index in [1.54, 1.807) is 45.2 Å². The van der Waals surface area contributed by atoms with Crippen molar-refractivity contribution in [3.63, 3.8) is 0 Å². The van der Waals surface area contributed by atoms with Crippen molar-refractivity contribution in [1.29, 1.82) is 0 Å². The number of benzene rings is 2. The first-order valence-electron chi connectivity index (χ1n) is 9.05. The standard InChI is InChI=1S/C20H11F6I3O6/c1-5(2)16(20(25,26)19(32)33)35-18(31)10-13(23)11(21)9(12(22)14(10)24)17(30)34-15-7(28)3-6(27)4-8(15)29/h3-5,16H,1-2H3,(H,32,33)/p-1. The minimum atomic E-state index is -4.81. The largest absolute Gasteiger partial charge is 0.544 e. The second-order valence-corrected chi connectivity index (χ2v) is 10.6. The lowest BCUT2D eigenvalue weighted by atomic mass is 10.0. The summed E-state index contributed by atoms with van der Waals surface area (Å²) in [5.41, 5.74) is -3.92. The molecule has 0 radical (unpaired) electrons. The highest BCUT2D eigenvalue weighted by molar-refractivity contribution is 14.1. The molecule has 1 unspecified atom stereocenters. The number of aliphatic carboxylic acids is 1. The van der Waals surface area contributed by atoms with Gasteiger partial charge in [-0.2, -0.15) is 8.78 Å².